The van der Waals surface area contributed by atoms with Crippen LogP contribution in [0.5, 0.6) is 0 Å². The van der Waals surface area contributed by atoms with E-state index in [-0.39, 0.29) is 0 Å². The van der Waals surface area contributed by atoms with E-state index in [9.17, 15) is 30.7 Å². The fraction of sp³-hybridized carbons (Fsp3) is 1.00. The van der Waals surface area contributed by atoms with Gasteiger partial charge >= 0.3 is 27.1 Å². The van der Waals surface area contributed by atoms with Crippen molar-refractivity contribution in [3.8, 4) is 0 Å². The standard InChI is InChI=1S/C7H11F7O3Si/c1-15-18(16-2,17-3)5(10)7(13,14)6(11,12)4(8)9/h4-5H,1-3H3. The summed E-state index contributed by atoms with van der Waals surface area (Å²) in [5.74, 6) is -15.4. The van der Waals surface area contributed by atoms with E-state index in [1.807, 2.05) is 0 Å². The normalized spacial score (nSPS) is 16.2. The Morgan fingerprint density at radius 1 is 0.778 bits per heavy atom. The van der Waals surface area contributed by atoms with Crippen molar-refractivity contribution in [3.05, 3.63) is 0 Å². The Hall–Kier alpha value is -0.393. The zero-order valence-electron chi connectivity index (χ0n) is 9.53. The average Bonchev–Trinajstić information content (AvgIpc) is 2.31. The number of halogens is 7. The number of hydrogen-bond donors (Lipinski definition) is 0. The molecule has 0 amide bonds. The van der Waals surface area contributed by atoms with Crippen LogP contribution in [0.4, 0.5) is 30.7 Å². The van der Waals surface area contributed by atoms with Gasteiger partial charge in [0.1, 0.15) is 0 Å². The summed E-state index contributed by atoms with van der Waals surface area (Å²) in [6.45, 7) is 0. The average molecular weight is 304 g/mol. The van der Waals surface area contributed by atoms with Crippen LogP contribution in [-0.4, -0.2) is 54.2 Å². The molecule has 0 aromatic heterocycles. The van der Waals surface area contributed by atoms with Gasteiger partial charge in [0, 0.05) is 21.3 Å². The lowest BCUT2D eigenvalue weighted by Crippen LogP contribution is -2.65. The SMILES string of the molecule is CO[Si](OC)(OC)C(F)C(F)(F)C(F)(F)C(F)F. The third kappa shape index (κ3) is 2.63. The molecule has 0 aliphatic rings. The first-order chi connectivity index (χ1) is 8.03. The molecule has 0 N–H and O–H groups in total. The molecule has 11 heteroatoms. The van der Waals surface area contributed by atoms with E-state index in [0.29, 0.717) is 21.3 Å². The Balaban J connectivity index is 5.47. The van der Waals surface area contributed by atoms with Crippen LogP contribution in [0.3, 0.4) is 0 Å². The molecule has 18 heavy (non-hydrogen) atoms. The molecule has 0 aliphatic heterocycles. The monoisotopic (exact) mass is 304 g/mol. The highest BCUT2D eigenvalue weighted by atomic mass is 28.4. The molecule has 0 radical (unpaired) electrons. The molecule has 0 aromatic carbocycles. The first-order valence-electron chi connectivity index (χ1n) is 4.36. The minimum atomic E-state index is -5.87. The van der Waals surface area contributed by atoms with Crippen LogP contribution in [0.25, 0.3) is 0 Å². The summed E-state index contributed by atoms with van der Waals surface area (Å²) in [7, 11) is -2.79. The van der Waals surface area contributed by atoms with Gasteiger partial charge in [-0.3, -0.25) is 0 Å². The van der Waals surface area contributed by atoms with Crippen molar-refractivity contribution < 1.29 is 44.0 Å². The van der Waals surface area contributed by atoms with Gasteiger partial charge in [-0.1, -0.05) is 0 Å². The van der Waals surface area contributed by atoms with Gasteiger partial charge in [0.05, 0.1) is 0 Å². The van der Waals surface area contributed by atoms with Crippen LogP contribution in [0.1, 0.15) is 0 Å². The quantitative estimate of drug-likeness (QED) is 0.533. The van der Waals surface area contributed by atoms with Gasteiger partial charge < -0.3 is 13.3 Å². The Labute approximate surface area is 99.2 Å². The molecule has 0 aliphatic carbocycles. The van der Waals surface area contributed by atoms with Crippen LogP contribution in [-0.2, 0) is 13.3 Å². The molecule has 0 heterocycles. The Bertz CT molecular complexity index is 264. The maximum Gasteiger partial charge on any atom is 0.543 e. The zero-order valence-corrected chi connectivity index (χ0v) is 10.5. The maximum absolute atomic E-state index is 13.5. The fourth-order valence-corrected chi connectivity index (χ4v) is 2.85. The summed E-state index contributed by atoms with van der Waals surface area (Å²) in [5, 5.41) is 0. The minimum Gasteiger partial charge on any atom is -0.375 e. The summed E-state index contributed by atoms with van der Waals surface area (Å²) < 4.78 is 101. The van der Waals surface area contributed by atoms with Gasteiger partial charge in [-0.05, 0) is 0 Å². The largest absolute Gasteiger partial charge is 0.543 e. The van der Waals surface area contributed by atoms with Crippen molar-refractivity contribution in [1.29, 1.82) is 0 Å². The fourth-order valence-electron chi connectivity index (χ4n) is 1.10. The Morgan fingerprint density at radius 2 is 1.11 bits per heavy atom. The van der Waals surface area contributed by atoms with E-state index in [2.05, 4.69) is 13.3 Å². The minimum absolute atomic E-state index is 0.683. The van der Waals surface area contributed by atoms with Gasteiger partial charge in [0.2, 0.25) is 5.79 Å². The lowest BCUT2D eigenvalue weighted by molar-refractivity contribution is -0.280. The number of hydrogen-bond acceptors (Lipinski definition) is 3. The van der Waals surface area contributed by atoms with Crippen molar-refractivity contribution in [2.45, 2.75) is 24.1 Å². The van der Waals surface area contributed by atoms with E-state index < -0.39 is 32.9 Å². The second-order valence-electron chi connectivity index (χ2n) is 3.13. The van der Waals surface area contributed by atoms with E-state index in [1.165, 1.54) is 0 Å². The van der Waals surface area contributed by atoms with E-state index in [4.69, 9.17) is 0 Å². The first kappa shape index (κ1) is 17.6. The third-order valence-corrected chi connectivity index (χ3v) is 4.89. The Kier molecular flexibility index (Phi) is 5.59. The highest BCUT2D eigenvalue weighted by Crippen LogP contribution is 2.45. The summed E-state index contributed by atoms with van der Waals surface area (Å²) in [4.78, 5) is 0. The van der Waals surface area contributed by atoms with Gasteiger partial charge in [-0.2, -0.15) is 17.6 Å². The second-order valence-corrected chi connectivity index (χ2v) is 6.06. The first-order valence-corrected chi connectivity index (χ1v) is 6.17. The molecule has 0 saturated heterocycles. The summed E-state index contributed by atoms with van der Waals surface area (Å²) in [6.07, 6.45) is -4.75. The molecule has 0 aromatic rings. The van der Waals surface area contributed by atoms with Gasteiger partial charge in [-0.25, -0.2) is 13.2 Å². The van der Waals surface area contributed by atoms with Gasteiger partial charge in [0.25, 0.3) is 0 Å². The van der Waals surface area contributed by atoms with Crippen molar-refractivity contribution in [3.63, 3.8) is 0 Å². The molecule has 0 fully saturated rings. The molecule has 1 atom stereocenters. The van der Waals surface area contributed by atoms with Crippen LogP contribution >= 0.6 is 0 Å². The molecule has 0 bridgehead atoms. The summed E-state index contributed by atoms with van der Waals surface area (Å²) in [6, 6.07) is 0. The van der Waals surface area contributed by atoms with Crippen LogP contribution in [0.15, 0.2) is 0 Å². The topological polar surface area (TPSA) is 27.7 Å². The summed E-state index contributed by atoms with van der Waals surface area (Å²) >= 11 is 0. The third-order valence-electron chi connectivity index (χ3n) is 2.20. The van der Waals surface area contributed by atoms with Crippen LogP contribution in [0, 0.1) is 0 Å². The van der Waals surface area contributed by atoms with Crippen LogP contribution < -0.4 is 0 Å². The van der Waals surface area contributed by atoms with E-state index in [1.54, 1.807) is 0 Å². The lowest BCUT2D eigenvalue weighted by atomic mass is 10.2. The highest BCUT2D eigenvalue weighted by Gasteiger charge is 2.74. The predicted molar refractivity (Wildman–Crippen MR) is 47.6 cm³/mol. The van der Waals surface area contributed by atoms with Crippen LogP contribution in [0.2, 0.25) is 0 Å². The molecule has 110 valence electrons. The smallest absolute Gasteiger partial charge is 0.375 e. The molecule has 0 saturated carbocycles. The van der Waals surface area contributed by atoms with Crippen molar-refractivity contribution in [1.82, 2.24) is 0 Å². The molecule has 1 unspecified atom stereocenters. The Morgan fingerprint density at radius 3 is 1.33 bits per heavy atom. The molecule has 0 rings (SSSR count). The lowest BCUT2D eigenvalue weighted by Gasteiger charge is -2.35. The molecule has 0 spiro atoms. The molecule has 3 nitrogen and oxygen atoms in total. The molecular formula is C7H11F7O3Si. The van der Waals surface area contributed by atoms with Crippen molar-refractivity contribution >= 4 is 8.80 Å². The highest BCUT2D eigenvalue weighted by molar-refractivity contribution is 6.62. The van der Waals surface area contributed by atoms with Crippen molar-refractivity contribution in [2.75, 3.05) is 21.3 Å². The maximum atomic E-state index is 13.5. The predicted octanol–water partition coefficient (Wildman–Crippen LogP) is 2.28. The zero-order chi connectivity index (χ0) is 14.8. The second kappa shape index (κ2) is 5.71. The van der Waals surface area contributed by atoms with Gasteiger partial charge in [0.15, 0.2) is 0 Å². The van der Waals surface area contributed by atoms with E-state index in [0.717, 1.165) is 0 Å². The number of rotatable bonds is 7. The van der Waals surface area contributed by atoms with Gasteiger partial charge in [-0.15, -0.1) is 0 Å². The van der Waals surface area contributed by atoms with Crippen molar-refractivity contribution in [2.24, 2.45) is 0 Å². The van der Waals surface area contributed by atoms with E-state index >= 15 is 0 Å². The summed E-state index contributed by atoms with van der Waals surface area (Å²) in [5.41, 5.74) is 0. The number of alkyl halides is 7. The molecular weight excluding hydrogens is 293 g/mol.